The third-order valence-corrected chi connectivity index (χ3v) is 2.64. The lowest BCUT2D eigenvalue weighted by atomic mass is 9.97. The quantitative estimate of drug-likeness (QED) is 0.532. The van der Waals surface area contributed by atoms with Gasteiger partial charge < -0.3 is 5.73 Å². The van der Waals surface area contributed by atoms with Crippen LogP contribution in [0.15, 0.2) is 48.6 Å². The fraction of sp³-hybridized carbons (Fsp3) is 0.167. The molecule has 72 valence electrons. The first kappa shape index (κ1) is 9.56. The Balaban J connectivity index is 2.25. The standard InChI is InChI=1S/C12H13NS/c13-12(14)8-6-11(7-9-12)10-4-2-1-3-5-10/h1-8,14H,9,13H2. The highest BCUT2D eigenvalue weighted by atomic mass is 32.1. The molecule has 0 fully saturated rings. The summed E-state index contributed by atoms with van der Waals surface area (Å²) in [6.45, 7) is 0. The molecular weight excluding hydrogens is 190 g/mol. The molecule has 14 heavy (non-hydrogen) atoms. The Labute approximate surface area is 89.7 Å². The Hall–Kier alpha value is -0.990. The van der Waals surface area contributed by atoms with Crippen LogP contribution < -0.4 is 5.73 Å². The molecule has 1 aromatic carbocycles. The van der Waals surface area contributed by atoms with Gasteiger partial charge in [-0.15, -0.1) is 0 Å². The van der Waals surface area contributed by atoms with Gasteiger partial charge in [-0.05, 0) is 17.6 Å². The average Bonchev–Trinajstić information content (AvgIpc) is 2.19. The molecule has 1 aliphatic carbocycles. The van der Waals surface area contributed by atoms with Crippen LogP contribution in [0.3, 0.4) is 0 Å². The van der Waals surface area contributed by atoms with Gasteiger partial charge in [-0.3, -0.25) is 0 Å². The first-order chi connectivity index (χ1) is 6.67. The van der Waals surface area contributed by atoms with E-state index in [1.165, 1.54) is 11.1 Å². The minimum absolute atomic E-state index is 0.474. The van der Waals surface area contributed by atoms with Crippen molar-refractivity contribution in [3.05, 3.63) is 54.1 Å². The number of benzene rings is 1. The summed E-state index contributed by atoms with van der Waals surface area (Å²) in [4.78, 5) is -0.474. The molecule has 1 unspecified atom stereocenters. The van der Waals surface area contributed by atoms with Crippen molar-refractivity contribution in [3.8, 4) is 0 Å². The maximum absolute atomic E-state index is 5.85. The molecular formula is C12H13NS. The van der Waals surface area contributed by atoms with E-state index in [1.807, 2.05) is 30.4 Å². The van der Waals surface area contributed by atoms with Gasteiger partial charge in [0.25, 0.3) is 0 Å². The fourth-order valence-electron chi connectivity index (χ4n) is 1.49. The molecule has 1 aliphatic rings. The molecule has 0 spiro atoms. The van der Waals surface area contributed by atoms with Crippen molar-refractivity contribution in [2.45, 2.75) is 11.3 Å². The lowest BCUT2D eigenvalue weighted by Crippen LogP contribution is -2.30. The first-order valence-corrected chi connectivity index (χ1v) is 5.08. The summed E-state index contributed by atoms with van der Waals surface area (Å²) in [5.74, 6) is 0. The van der Waals surface area contributed by atoms with Gasteiger partial charge in [-0.1, -0.05) is 48.6 Å². The summed E-state index contributed by atoms with van der Waals surface area (Å²) in [5.41, 5.74) is 8.30. The van der Waals surface area contributed by atoms with Gasteiger partial charge in [0.05, 0.1) is 4.87 Å². The highest BCUT2D eigenvalue weighted by molar-refractivity contribution is 7.82. The van der Waals surface area contributed by atoms with Crippen molar-refractivity contribution in [2.24, 2.45) is 5.73 Å². The monoisotopic (exact) mass is 203 g/mol. The van der Waals surface area contributed by atoms with Crippen molar-refractivity contribution in [3.63, 3.8) is 0 Å². The predicted octanol–water partition coefficient (Wildman–Crippen LogP) is 2.61. The zero-order chi connectivity index (χ0) is 10.0. The summed E-state index contributed by atoms with van der Waals surface area (Å²) in [6.07, 6.45) is 6.88. The van der Waals surface area contributed by atoms with Crippen molar-refractivity contribution in [2.75, 3.05) is 0 Å². The summed E-state index contributed by atoms with van der Waals surface area (Å²) in [7, 11) is 0. The average molecular weight is 203 g/mol. The van der Waals surface area contributed by atoms with Crippen LogP contribution in [0.1, 0.15) is 12.0 Å². The smallest absolute Gasteiger partial charge is 0.0815 e. The zero-order valence-electron chi connectivity index (χ0n) is 7.85. The molecule has 0 saturated heterocycles. The normalized spacial score (nSPS) is 26.0. The molecule has 0 aliphatic heterocycles. The molecule has 2 heteroatoms. The number of thiol groups is 1. The van der Waals surface area contributed by atoms with Crippen LogP contribution in [0.4, 0.5) is 0 Å². The molecule has 1 atom stereocenters. The van der Waals surface area contributed by atoms with Crippen molar-refractivity contribution in [1.82, 2.24) is 0 Å². The van der Waals surface area contributed by atoms with E-state index in [0.717, 1.165) is 6.42 Å². The van der Waals surface area contributed by atoms with Crippen molar-refractivity contribution >= 4 is 18.2 Å². The van der Waals surface area contributed by atoms with Crippen LogP contribution in [-0.4, -0.2) is 4.87 Å². The van der Waals surface area contributed by atoms with Gasteiger partial charge in [0.2, 0.25) is 0 Å². The van der Waals surface area contributed by atoms with Crippen LogP contribution in [0, 0.1) is 0 Å². The van der Waals surface area contributed by atoms with E-state index in [0.29, 0.717) is 0 Å². The minimum Gasteiger partial charge on any atom is -0.314 e. The fourth-order valence-corrected chi connectivity index (χ4v) is 1.65. The van der Waals surface area contributed by atoms with Gasteiger partial charge in [0, 0.05) is 0 Å². The highest BCUT2D eigenvalue weighted by Crippen LogP contribution is 2.26. The summed E-state index contributed by atoms with van der Waals surface area (Å²) in [6, 6.07) is 10.3. The molecule has 1 aromatic rings. The third-order valence-electron chi connectivity index (χ3n) is 2.31. The molecule has 0 aromatic heterocycles. The van der Waals surface area contributed by atoms with E-state index in [9.17, 15) is 0 Å². The lowest BCUT2D eigenvalue weighted by molar-refractivity contribution is 0.766. The molecule has 0 saturated carbocycles. The van der Waals surface area contributed by atoms with Crippen molar-refractivity contribution < 1.29 is 0 Å². The van der Waals surface area contributed by atoms with Crippen molar-refractivity contribution in [1.29, 1.82) is 0 Å². The Bertz CT molecular complexity index is 377. The van der Waals surface area contributed by atoms with E-state index in [1.54, 1.807) is 0 Å². The SMILES string of the molecule is NC1(S)C=CC(c2ccccc2)=CC1. The molecule has 0 heterocycles. The Morgan fingerprint density at radius 1 is 1.21 bits per heavy atom. The van der Waals surface area contributed by atoms with Crippen LogP contribution in [-0.2, 0) is 0 Å². The molecule has 0 bridgehead atoms. The van der Waals surface area contributed by atoms with Gasteiger partial charge in [0.15, 0.2) is 0 Å². The molecule has 0 amide bonds. The molecule has 1 nitrogen and oxygen atoms in total. The lowest BCUT2D eigenvalue weighted by Gasteiger charge is -2.21. The predicted molar refractivity (Wildman–Crippen MR) is 64.1 cm³/mol. The second kappa shape index (κ2) is 3.64. The van der Waals surface area contributed by atoms with Crippen LogP contribution >= 0.6 is 12.6 Å². The summed E-state index contributed by atoms with van der Waals surface area (Å²) in [5, 5.41) is 0. The van der Waals surface area contributed by atoms with E-state index in [2.05, 4.69) is 30.8 Å². The maximum Gasteiger partial charge on any atom is 0.0815 e. The second-order valence-electron chi connectivity index (χ2n) is 3.55. The van der Waals surface area contributed by atoms with Crippen LogP contribution in [0.25, 0.3) is 5.57 Å². The van der Waals surface area contributed by atoms with E-state index in [4.69, 9.17) is 5.73 Å². The Morgan fingerprint density at radius 3 is 2.50 bits per heavy atom. The third kappa shape index (κ3) is 2.08. The minimum atomic E-state index is -0.474. The number of hydrogen-bond acceptors (Lipinski definition) is 2. The second-order valence-corrected chi connectivity index (χ2v) is 4.39. The largest absolute Gasteiger partial charge is 0.314 e. The summed E-state index contributed by atoms with van der Waals surface area (Å²) < 4.78 is 0. The van der Waals surface area contributed by atoms with Gasteiger partial charge in [0.1, 0.15) is 0 Å². The van der Waals surface area contributed by atoms with Gasteiger partial charge in [-0.2, -0.15) is 12.6 Å². The first-order valence-electron chi connectivity index (χ1n) is 4.63. The Kier molecular flexibility index (Phi) is 2.48. The van der Waals surface area contributed by atoms with E-state index >= 15 is 0 Å². The van der Waals surface area contributed by atoms with E-state index in [-0.39, 0.29) is 0 Å². The summed E-state index contributed by atoms with van der Waals surface area (Å²) >= 11 is 4.32. The highest BCUT2D eigenvalue weighted by Gasteiger charge is 2.17. The Morgan fingerprint density at radius 2 is 1.93 bits per heavy atom. The number of hydrogen-bond donors (Lipinski definition) is 2. The number of rotatable bonds is 1. The molecule has 2 rings (SSSR count). The number of nitrogens with two attached hydrogens (primary N) is 1. The molecule has 0 radical (unpaired) electrons. The van der Waals surface area contributed by atoms with Crippen LogP contribution in [0.2, 0.25) is 0 Å². The topological polar surface area (TPSA) is 26.0 Å². The van der Waals surface area contributed by atoms with Crippen LogP contribution in [0.5, 0.6) is 0 Å². The van der Waals surface area contributed by atoms with E-state index < -0.39 is 4.87 Å². The zero-order valence-corrected chi connectivity index (χ0v) is 8.74. The molecule has 2 N–H and O–H groups in total. The van der Waals surface area contributed by atoms with Gasteiger partial charge in [-0.25, -0.2) is 0 Å². The maximum atomic E-state index is 5.85. The van der Waals surface area contributed by atoms with Gasteiger partial charge >= 0.3 is 0 Å². The number of allylic oxidation sites excluding steroid dienone is 2.